The predicted molar refractivity (Wildman–Crippen MR) is 199 cm³/mol. The van der Waals surface area contributed by atoms with Gasteiger partial charge in [-0.25, -0.2) is 4.98 Å². The zero-order valence-electron chi connectivity index (χ0n) is 25.6. The molecule has 10 aromatic rings. The molecular formula is C45H28N2. The molecule has 9 aromatic carbocycles. The molecule has 0 unspecified atom stereocenters. The molecule has 0 saturated carbocycles. The van der Waals surface area contributed by atoms with E-state index in [4.69, 9.17) is 4.98 Å². The summed E-state index contributed by atoms with van der Waals surface area (Å²) in [6.45, 7) is 0. The second-order valence-electron chi connectivity index (χ2n) is 12.4. The van der Waals surface area contributed by atoms with E-state index in [2.05, 4.69) is 174 Å². The smallest absolute Gasteiger partial charge is 0.145 e. The van der Waals surface area contributed by atoms with Crippen molar-refractivity contribution >= 4 is 54.1 Å². The molecule has 2 nitrogen and oxygen atoms in total. The maximum absolute atomic E-state index is 5.12. The zero-order valence-corrected chi connectivity index (χ0v) is 25.6. The van der Waals surface area contributed by atoms with E-state index in [1.807, 2.05) is 0 Å². The van der Waals surface area contributed by atoms with Gasteiger partial charge in [-0.2, -0.15) is 0 Å². The Morgan fingerprint density at radius 3 is 1.62 bits per heavy atom. The van der Waals surface area contributed by atoms with E-state index >= 15 is 0 Å². The van der Waals surface area contributed by atoms with Crippen molar-refractivity contribution in [3.8, 4) is 39.3 Å². The first-order valence-corrected chi connectivity index (χ1v) is 16.1. The summed E-state index contributed by atoms with van der Waals surface area (Å²) in [6, 6.07) is 61.6. The van der Waals surface area contributed by atoms with Gasteiger partial charge in [0.05, 0.1) is 11.0 Å². The van der Waals surface area contributed by atoms with Crippen molar-refractivity contribution in [3.05, 3.63) is 170 Å². The molecule has 0 N–H and O–H groups in total. The molecule has 0 aliphatic rings. The molecule has 1 aromatic heterocycles. The lowest BCUT2D eigenvalue weighted by Crippen LogP contribution is -1.99. The standard InChI is InChI=1S/C45H28N2/c1-3-11-29(12-4-1)36-23-32-19-21-34-25-37(26-35-22-20-33(24-36)43(32)44(34)35)40-28-38(27-31-15-7-8-16-39(31)40)47-42-18-10-9-17-41(42)46-45(47)30-13-5-2-6-14-30/h1-28H. The van der Waals surface area contributed by atoms with E-state index in [0.29, 0.717) is 0 Å². The summed E-state index contributed by atoms with van der Waals surface area (Å²) in [5.74, 6) is 0.943. The summed E-state index contributed by atoms with van der Waals surface area (Å²) in [5.41, 5.74) is 9.20. The normalized spacial score (nSPS) is 11.8. The summed E-state index contributed by atoms with van der Waals surface area (Å²) in [6.07, 6.45) is 0. The summed E-state index contributed by atoms with van der Waals surface area (Å²) < 4.78 is 2.32. The Hall–Kier alpha value is -6.25. The first-order chi connectivity index (χ1) is 23.3. The van der Waals surface area contributed by atoms with E-state index in [9.17, 15) is 0 Å². The van der Waals surface area contributed by atoms with Crippen molar-refractivity contribution in [1.29, 1.82) is 0 Å². The first-order valence-electron chi connectivity index (χ1n) is 16.1. The van der Waals surface area contributed by atoms with Gasteiger partial charge in [-0.3, -0.25) is 4.57 Å². The zero-order chi connectivity index (χ0) is 30.9. The van der Waals surface area contributed by atoms with Crippen molar-refractivity contribution in [2.75, 3.05) is 0 Å². The number of rotatable bonds is 4. The minimum Gasteiger partial charge on any atom is -0.292 e. The summed E-state index contributed by atoms with van der Waals surface area (Å²) in [4.78, 5) is 5.12. The van der Waals surface area contributed by atoms with E-state index in [1.54, 1.807) is 0 Å². The largest absolute Gasteiger partial charge is 0.292 e. The third kappa shape index (κ3) is 4.09. The highest BCUT2D eigenvalue weighted by Gasteiger charge is 2.18. The molecule has 0 aliphatic heterocycles. The van der Waals surface area contributed by atoms with Crippen molar-refractivity contribution < 1.29 is 0 Å². The first kappa shape index (κ1) is 26.0. The highest BCUT2D eigenvalue weighted by molar-refractivity contribution is 6.24. The molecule has 0 bridgehead atoms. The maximum Gasteiger partial charge on any atom is 0.145 e. The number of aromatic nitrogens is 2. The Morgan fingerprint density at radius 2 is 0.936 bits per heavy atom. The highest BCUT2D eigenvalue weighted by atomic mass is 15.1. The molecule has 0 saturated heterocycles. The van der Waals surface area contributed by atoms with Crippen LogP contribution in [0.3, 0.4) is 0 Å². The van der Waals surface area contributed by atoms with E-state index < -0.39 is 0 Å². The van der Waals surface area contributed by atoms with Crippen LogP contribution >= 0.6 is 0 Å². The van der Waals surface area contributed by atoms with Crippen LogP contribution < -0.4 is 0 Å². The molecule has 1 heterocycles. The minimum absolute atomic E-state index is 0.943. The molecule has 0 spiro atoms. The van der Waals surface area contributed by atoms with Gasteiger partial charge in [-0.05, 0) is 114 Å². The molecule has 0 fully saturated rings. The van der Waals surface area contributed by atoms with Gasteiger partial charge in [0.25, 0.3) is 0 Å². The van der Waals surface area contributed by atoms with Crippen molar-refractivity contribution in [1.82, 2.24) is 9.55 Å². The van der Waals surface area contributed by atoms with Gasteiger partial charge in [-0.15, -0.1) is 0 Å². The molecule has 0 atom stereocenters. The fraction of sp³-hybridized carbons (Fsp3) is 0. The molecule has 218 valence electrons. The Bertz CT molecular complexity index is 2710. The van der Waals surface area contributed by atoms with Crippen LogP contribution in [0.15, 0.2) is 170 Å². The number of imidazole rings is 1. The van der Waals surface area contributed by atoms with E-state index in [1.165, 1.54) is 65.3 Å². The molecule has 47 heavy (non-hydrogen) atoms. The fourth-order valence-corrected chi connectivity index (χ4v) is 7.52. The summed E-state index contributed by atoms with van der Waals surface area (Å²) in [5, 5.41) is 10.2. The maximum atomic E-state index is 5.12. The van der Waals surface area contributed by atoms with Gasteiger partial charge in [-0.1, -0.05) is 121 Å². The Kier molecular flexibility index (Phi) is 5.61. The lowest BCUT2D eigenvalue weighted by atomic mass is 9.88. The van der Waals surface area contributed by atoms with E-state index in [0.717, 1.165) is 28.1 Å². The highest BCUT2D eigenvalue weighted by Crippen LogP contribution is 2.42. The lowest BCUT2D eigenvalue weighted by Gasteiger charge is -2.17. The quantitative estimate of drug-likeness (QED) is 0.185. The van der Waals surface area contributed by atoms with Crippen LogP contribution in [-0.4, -0.2) is 9.55 Å². The van der Waals surface area contributed by atoms with Gasteiger partial charge in [0.15, 0.2) is 0 Å². The molecule has 0 radical (unpaired) electrons. The molecule has 0 aliphatic carbocycles. The van der Waals surface area contributed by atoms with Crippen LogP contribution in [0, 0.1) is 0 Å². The van der Waals surface area contributed by atoms with Gasteiger partial charge in [0.2, 0.25) is 0 Å². The van der Waals surface area contributed by atoms with Crippen LogP contribution in [0.25, 0.3) is 93.5 Å². The monoisotopic (exact) mass is 596 g/mol. The predicted octanol–water partition coefficient (Wildman–Crippen LogP) is 12.1. The average molecular weight is 597 g/mol. The number of hydrogen-bond acceptors (Lipinski definition) is 1. The number of fused-ring (bicyclic) bond motifs is 2. The minimum atomic E-state index is 0.943. The number of para-hydroxylation sites is 2. The van der Waals surface area contributed by atoms with Crippen LogP contribution in [0.2, 0.25) is 0 Å². The second kappa shape index (κ2) is 10.1. The second-order valence-corrected chi connectivity index (χ2v) is 12.4. The van der Waals surface area contributed by atoms with Crippen LogP contribution in [0.5, 0.6) is 0 Å². The van der Waals surface area contributed by atoms with Gasteiger partial charge < -0.3 is 0 Å². The fourth-order valence-electron chi connectivity index (χ4n) is 7.52. The Balaban J connectivity index is 1.21. The lowest BCUT2D eigenvalue weighted by molar-refractivity contribution is 1.11. The average Bonchev–Trinajstić information content (AvgIpc) is 3.53. The summed E-state index contributed by atoms with van der Waals surface area (Å²) >= 11 is 0. The van der Waals surface area contributed by atoms with Crippen LogP contribution in [0.4, 0.5) is 0 Å². The van der Waals surface area contributed by atoms with Crippen LogP contribution in [-0.2, 0) is 0 Å². The van der Waals surface area contributed by atoms with Gasteiger partial charge >= 0.3 is 0 Å². The number of hydrogen-bond donors (Lipinski definition) is 0. The molecule has 10 rings (SSSR count). The van der Waals surface area contributed by atoms with Gasteiger partial charge in [0.1, 0.15) is 5.82 Å². The molecule has 0 amide bonds. The van der Waals surface area contributed by atoms with Crippen molar-refractivity contribution in [2.45, 2.75) is 0 Å². The number of benzene rings is 9. The Labute approximate surface area is 272 Å². The third-order valence-electron chi connectivity index (χ3n) is 9.65. The third-order valence-corrected chi connectivity index (χ3v) is 9.65. The van der Waals surface area contributed by atoms with E-state index in [-0.39, 0.29) is 0 Å². The Morgan fingerprint density at radius 1 is 0.383 bits per heavy atom. The van der Waals surface area contributed by atoms with Crippen molar-refractivity contribution in [2.24, 2.45) is 0 Å². The molecule has 2 heteroatoms. The van der Waals surface area contributed by atoms with Crippen molar-refractivity contribution in [3.63, 3.8) is 0 Å². The molecular weight excluding hydrogens is 569 g/mol. The van der Waals surface area contributed by atoms with Gasteiger partial charge in [0, 0.05) is 11.3 Å². The SMILES string of the molecule is c1ccc(-c2cc3ccc4cc(-c5cc(-n6c(-c7ccccc7)nc7ccccc76)cc6ccccc56)cc5ccc(c2)c3c45)cc1. The number of nitrogens with zero attached hydrogens (tertiary/aromatic N) is 2. The summed E-state index contributed by atoms with van der Waals surface area (Å²) in [7, 11) is 0. The van der Waals surface area contributed by atoms with Crippen LogP contribution in [0.1, 0.15) is 0 Å². The topological polar surface area (TPSA) is 17.8 Å².